The highest BCUT2D eigenvalue weighted by molar-refractivity contribution is 7.88. The highest BCUT2D eigenvalue weighted by atomic mass is 35.5. The lowest BCUT2D eigenvalue weighted by Gasteiger charge is -2.33. The van der Waals surface area contributed by atoms with Crippen LogP contribution in [0.15, 0.2) is 18.2 Å². The molecule has 122 valence electrons. The van der Waals surface area contributed by atoms with Crippen molar-refractivity contribution in [1.29, 1.82) is 0 Å². The monoisotopic (exact) mass is 348 g/mol. The Morgan fingerprint density at radius 3 is 2.86 bits per heavy atom. The molecule has 2 aliphatic heterocycles. The number of nitrogens with zero attached hydrogens (tertiary/aromatic N) is 2. The van der Waals surface area contributed by atoms with Crippen LogP contribution in [0.3, 0.4) is 0 Å². The average Bonchev–Trinajstić information content (AvgIpc) is 2.89. The molecule has 0 N–H and O–H groups in total. The molecule has 0 radical (unpaired) electrons. The van der Waals surface area contributed by atoms with E-state index in [9.17, 15) is 12.8 Å². The van der Waals surface area contributed by atoms with E-state index in [1.165, 1.54) is 22.5 Å². The van der Waals surface area contributed by atoms with Gasteiger partial charge in [-0.1, -0.05) is 17.7 Å². The Kier molecular flexibility index (Phi) is 4.44. The van der Waals surface area contributed by atoms with Crippen molar-refractivity contribution in [2.24, 2.45) is 0 Å². The van der Waals surface area contributed by atoms with Crippen molar-refractivity contribution in [3.63, 3.8) is 0 Å². The van der Waals surface area contributed by atoms with Crippen LogP contribution in [-0.2, 0) is 20.5 Å². The zero-order chi connectivity index (χ0) is 15.9. The SMILES string of the molecule is CN1CCO[C@H]2CN(S(=O)(=O)Cc3ccc(F)c(Cl)c3)C[C@@H]21. The smallest absolute Gasteiger partial charge is 0.218 e. The van der Waals surface area contributed by atoms with E-state index in [1.807, 2.05) is 7.05 Å². The van der Waals surface area contributed by atoms with E-state index in [2.05, 4.69) is 4.90 Å². The summed E-state index contributed by atoms with van der Waals surface area (Å²) >= 11 is 5.71. The Balaban J connectivity index is 1.74. The summed E-state index contributed by atoms with van der Waals surface area (Å²) < 4.78 is 45.4. The second-order valence-electron chi connectivity index (χ2n) is 5.78. The molecular formula is C14H18ClFN2O3S. The maximum Gasteiger partial charge on any atom is 0.218 e. The molecule has 2 aliphatic rings. The Labute approximate surface area is 134 Å². The molecule has 2 fully saturated rings. The molecule has 2 atom stereocenters. The molecule has 0 unspecified atom stereocenters. The van der Waals surface area contributed by atoms with Crippen LogP contribution in [-0.4, -0.2) is 63.1 Å². The van der Waals surface area contributed by atoms with Gasteiger partial charge < -0.3 is 4.74 Å². The predicted octanol–water partition coefficient (Wildman–Crippen LogP) is 1.32. The maximum atomic E-state index is 13.2. The molecule has 0 amide bonds. The van der Waals surface area contributed by atoms with Crippen LogP contribution in [0.2, 0.25) is 5.02 Å². The molecule has 5 nitrogen and oxygen atoms in total. The van der Waals surface area contributed by atoms with Crippen LogP contribution in [0.4, 0.5) is 4.39 Å². The molecule has 2 heterocycles. The van der Waals surface area contributed by atoms with Crippen LogP contribution >= 0.6 is 11.6 Å². The standard InChI is InChI=1S/C14H18ClFN2O3S/c1-17-4-5-21-14-8-18(7-13(14)17)22(19,20)9-10-2-3-12(16)11(15)6-10/h2-3,6,13-14H,4-5,7-9H2,1H3/t13-,14-/m0/s1. The number of morpholine rings is 1. The van der Waals surface area contributed by atoms with Gasteiger partial charge in [-0.2, -0.15) is 4.31 Å². The summed E-state index contributed by atoms with van der Waals surface area (Å²) in [5.41, 5.74) is 0.482. The van der Waals surface area contributed by atoms with Gasteiger partial charge in [-0.05, 0) is 24.7 Å². The van der Waals surface area contributed by atoms with E-state index in [0.717, 1.165) is 6.54 Å². The topological polar surface area (TPSA) is 49.9 Å². The first-order valence-electron chi connectivity index (χ1n) is 7.10. The van der Waals surface area contributed by atoms with E-state index in [1.54, 1.807) is 0 Å². The molecule has 1 aromatic carbocycles. The zero-order valence-corrected chi connectivity index (χ0v) is 13.8. The summed E-state index contributed by atoms with van der Waals surface area (Å²) in [5.74, 6) is -0.735. The lowest BCUT2D eigenvalue weighted by Crippen LogP contribution is -2.48. The second kappa shape index (κ2) is 6.05. The minimum atomic E-state index is -3.48. The molecule has 0 saturated carbocycles. The first kappa shape index (κ1) is 16.1. The molecule has 2 saturated heterocycles. The van der Waals surface area contributed by atoms with Gasteiger partial charge in [0.2, 0.25) is 10.0 Å². The normalized spacial score (nSPS) is 27.0. The summed E-state index contributed by atoms with van der Waals surface area (Å²) in [4.78, 5) is 2.14. The fraction of sp³-hybridized carbons (Fsp3) is 0.571. The summed E-state index contributed by atoms with van der Waals surface area (Å²) in [6, 6.07) is 4.10. The van der Waals surface area contributed by atoms with Gasteiger partial charge in [-0.25, -0.2) is 12.8 Å². The Hall–Kier alpha value is -0.730. The predicted molar refractivity (Wildman–Crippen MR) is 81.8 cm³/mol. The van der Waals surface area contributed by atoms with E-state index < -0.39 is 15.8 Å². The Morgan fingerprint density at radius 2 is 2.18 bits per heavy atom. The number of hydrogen-bond acceptors (Lipinski definition) is 4. The van der Waals surface area contributed by atoms with Crippen LogP contribution in [0.25, 0.3) is 0 Å². The summed E-state index contributed by atoms with van der Waals surface area (Å²) in [6.45, 7) is 2.23. The van der Waals surface area contributed by atoms with E-state index >= 15 is 0 Å². The van der Waals surface area contributed by atoms with Crippen molar-refractivity contribution in [2.45, 2.75) is 17.9 Å². The fourth-order valence-corrected chi connectivity index (χ4v) is 4.72. The van der Waals surface area contributed by atoms with Crippen LogP contribution in [0.5, 0.6) is 0 Å². The maximum absolute atomic E-state index is 13.2. The number of ether oxygens (including phenoxy) is 1. The third kappa shape index (κ3) is 3.14. The first-order chi connectivity index (χ1) is 10.4. The quantitative estimate of drug-likeness (QED) is 0.826. The summed E-state index contributed by atoms with van der Waals surface area (Å²) in [6.07, 6.45) is -0.0784. The Bertz CT molecular complexity index is 670. The van der Waals surface area contributed by atoms with E-state index in [0.29, 0.717) is 25.3 Å². The van der Waals surface area contributed by atoms with Crippen molar-refractivity contribution in [1.82, 2.24) is 9.21 Å². The first-order valence-corrected chi connectivity index (χ1v) is 9.09. The lowest BCUT2D eigenvalue weighted by molar-refractivity contribution is -0.0366. The highest BCUT2D eigenvalue weighted by Crippen LogP contribution is 2.26. The van der Waals surface area contributed by atoms with Gasteiger partial charge in [0, 0.05) is 19.6 Å². The second-order valence-corrected chi connectivity index (χ2v) is 8.15. The van der Waals surface area contributed by atoms with Gasteiger partial charge in [0.1, 0.15) is 5.82 Å². The molecule has 22 heavy (non-hydrogen) atoms. The van der Waals surface area contributed by atoms with Crippen LogP contribution in [0, 0.1) is 5.82 Å². The van der Waals surface area contributed by atoms with Gasteiger partial charge in [0.15, 0.2) is 0 Å². The van der Waals surface area contributed by atoms with Crippen molar-refractivity contribution in [2.75, 3.05) is 33.3 Å². The van der Waals surface area contributed by atoms with Crippen molar-refractivity contribution in [3.8, 4) is 0 Å². The van der Waals surface area contributed by atoms with Gasteiger partial charge in [-0.3, -0.25) is 4.90 Å². The molecule has 8 heteroatoms. The number of likely N-dealkylation sites (N-methyl/N-ethyl adjacent to an activating group) is 1. The number of halogens is 2. The average molecular weight is 349 g/mol. The molecule has 0 aliphatic carbocycles. The molecule has 0 aromatic heterocycles. The number of hydrogen-bond donors (Lipinski definition) is 0. The third-order valence-corrected chi connectivity index (χ3v) is 6.34. The van der Waals surface area contributed by atoms with Crippen LogP contribution < -0.4 is 0 Å². The summed E-state index contributed by atoms with van der Waals surface area (Å²) in [7, 11) is -1.50. The summed E-state index contributed by atoms with van der Waals surface area (Å²) in [5, 5.41) is -0.0640. The molecule has 0 spiro atoms. The van der Waals surface area contributed by atoms with Gasteiger partial charge in [-0.15, -0.1) is 0 Å². The van der Waals surface area contributed by atoms with Gasteiger partial charge in [0.25, 0.3) is 0 Å². The molecular weight excluding hydrogens is 331 g/mol. The van der Waals surface area contributed by atoms with Crippen molar-refractivity contribution < 1.29 is 17.5 Å². The molecule has 1 aromatic rings. The molecule has 0 bridgehead atoms. The van der Waals surface area contributed by atoms with E-state index in [4.69, 9.17) is 16.3 Å². The van der Waals surface area contributed by atoms with Gasteiger partial charge in [0.05, 0.1) is 29.5 Å². The highest BCUT2D eigenvalue weighted by Gasteiger charge is 2.42. The Morgan fingerprint density at radius 1 is 1.41 bits per heavy atom. The fourth-order valence-electron chi connectivity index (χ4n) is 2.98. The number of rotatable bonds is 3. The third-order valence-electron chi connectivity index (χ3n) is 4.27. The minimum absolute atomic E-state index is 0.0640. The van der Waals surface area contributed by atoms with Gasteiger partial charge >= 0.3 is 0 Å². The molecule has 3 rings (SSSR count). The van der Waals surface area contributed by atoms with Crippen molar-refractivity contribution >= 4 is 21.6 Å². The lowest BCUT2D eigenvalue weighted by atomic mass is 10.1. The zero-order valence-electron chi connectivity index (χ0n) is 12.2. The number of fused-ring (bicyclic) bond motifs is 1. The largest absolute Gasteiger partial charge is 0.374 e. The van der Waals surface area contributed by atoms with Crippen molar-refractivity contribution in [3.05, 3.63) is 34.6 Å². The number of benzene rings is 1. The van der Waals surface area contributed by atoms with E-state index in [-0.39, 0.29) is 22.9 Å². The minimum Gasteiger partial charge on any atom is -0.374 e. The number of sulfonamides is 1. The van der Waals surface area contributed by atoms with Crippen LogP contribution in [0.1, 0.15) is 5.56 Å².